The highest BCUT2D eigenvalue weighted by molar-refractivity contribution is 6.07. The lowest BCUT2D eigenvalue weighted by Gasteiger charge is -2.18. The van der Waals surface area contributed by atoms with Crippen molar-refractivity contribution in [3.8, 4) is 5.75 Å². The minimum Gasteiger partial charge on any atom is -0.493 e. The molecule has 6 heteroatoms. The van der Waals surface area contributed by atoms with Crippen molar-refractivity contribution in [2.24, 2.45) is 5.73 Å². The number of nitrogens with two attached hydrogens (primary N) is 1. The van der Waals surface area contributed by atoms with Crippen molar-refractivity contribution in [1.82, 2.24) is 0 Å². The number of benzene rings is 1. The van der Waals surface area contributed by atoms with Gasteiger partial charge in [-0.05, 0) is 36.6 Å². The zero-order valence-corrected chi connectivity index (χ0v) is 9.68. The van der Waals surface area contributed by atoms with E-state index in [0.29, 0.717) is 12.3 Å². The molecule has 18 heavy (non-hydrogen) atoms. The number of amides is 1. The van der Waals surface area contributed by atoms with Crippen molar-refractivity contribution < 1.29 is 19.4 Å². The molecule has 0 radical (unpaired) electrons. The number of carbonyl (C=O) groups is 2. The van der Waals surface area contributed by atoms with E-state index in [0.717, 1.165) is 24.2 Å². The Labute approximate surface area is 104 Å². The van der Waals surface area contributed by atoms with E-state index < -0.39 is 17.9 Å². The van der Waals surface area contributed by atoms with Crippen LogP contribution < -0.4 is 15.8 Å². The van der Waals surface area contributed by atoms with Crippen molar-refractivity contribution in [3.63, 3.8) is 0 Å². The van der Waals surface area contributed by atoms with Crippen molar-refractivity contribution in [2.45, 2.75) is 18.9 Å². The van der Waals surface area contributed by atoms with E-state index in [1.54, 1.807) is 18.2 Å². The molecule has 0 spiro atoms. The minimum atomic E-state index is -1.56. The van der Waals surface area contributed by atoms with Crippen LogP contribution in [-0.2, 0) is 16.0 Å². The number of carboxylic acids is 1. The number of ether oxygens (including phenoxy) is 1. The summed E-state index contributed by atoms with van der Waals surface area (Å²) in [5.74, 6) is -1.28. The Bertz CT molecular complexity index is 487. The Hall–Kier alpha value is -2.08. The first-order chi connectivity index (χ1) is 8.58. The van der Waals surface area contributed by atoms with Crippen LogP contribution >= 0.6 is 0 Å². The van der Waals surface area contributed by atoms with Crippen LogP contribution in [0.2, 0.25) is 0 Å². The van der Waals surface area contributed by atoms with Crippen LogP contribution in [-0.4, -0.2) is 29.6 Å². The van der Waals surface area contributed by atoms with Crippen LogP contribution in [0.4, 0.5) is 5.69 Å². The van der Waals surface area contributed by atoms with Gasteiger partial charge in [0, 0.05) is 5.69 Å². The second-order valence-electron chi connectivity index (χ2n) is 4.08. The predicted molar refractivity (Wildman–Crippen MR) is 64.5 cm³/mol. The molecule has 0 saturated heterocycles. The van der Waals surface area contributed by atoms with Crippen molar-refractivity contribution in [3.05, 3.63) is 23.8 Å². The van der Waals surface area contributed by atoms with Crippen LogP contribution in [0, 0.1) is 0 Å². The minimum absolute atomic E-state index is 0.529. The molecular weight excluding hydrogens is 236 g/mol. The van der Waals surface area contributed by atoms with Crippen LogP contribution in [0.5, 0.6) is 5.75 Å². The molecule has 0 saturated carbocycles. The van der Waals surface area contributed by atoms with Gasteiger partial charge in [-0.1, -0.05) is 0 Å². The van der Waals surface area contributed by atoms with Gasteiger partial charge in [0.25, 0.3) is 5.91 Å². The number of anilines is 1. The van der Waals surface area contributed by atoms with E-state index >= 15 is 0 Å². The largest absolute Gasteiger partial charge is 0.493 e. The Morgan fingerprint density at radius 2 is 2.22 bits per heavy atom. The number of aryl methyl sites for hydroxylation is 1. The summed E-state index contributed by atoms with van der Waals surface area (Å²) in [6.07, 6.45) is 1.81. The van der Waals surface area contributed by atoms with Gasteiger partial charge in [0.05, 0.1) is 6.61 Å². The summed E-state index contributed by atoms with van der Waals surface area (Å²) in [6, 6.07) is 3.64. The number of carbonyl (C=O) groups excluding carboxylic acids is 1. The predicted octanol–water partition coefficient (Wildman–Crippen LogP) is 0.362. The SMILES string of the molecule is NC(C(=O)O)C(=O)Nc1ccc2c(c1)CCCO2. The fourth-order valence-corrected chi connectivity index (χ4v) is 1.77. The smallest absolute Gasteiger partial charge is 0.330 e. The highest BCUT2D eigenvalue weighted by atomic mass is 16.5. The van der Waals surface area contributed by atoms with E-state index in [-0.39, 0.29) is 0 Å². The first kappa shape index (κ1) is 12.4. The van der Waals surface area contributed by atoms with Gasteiger partial charge in [-0.3, -0.25) is 4.79 Å². The van der Waals surface area contributed by atoms with E-state index in [9.17, 15) is 9.59 Å². The second kappa shape index (κ2) is 5.05. The molecule has 6 nitrogen and oxygen atoms in total. The number of nitrogens with one attached hydrogen (secondary N) is 1. The third kappa shape index (κ3) is 2.60. The Morgan fingerprint density at radius 3 is 2.94 bits per heavy atom. The van der Waals surface area contributed by atoms with Gasteiger partial charge >= 0.3 is 5.97 Å². The second-order valence-corrected chi connectivity index (χ2v) is 4.08. The summed E-state index contributed by atoms with van der Waals surface area (Å²) in [5, 5.41) is 11.1. The molecule has 0 bridgehead atoms. The fraction of sp³-hybridized carbons (Fsp3) is 0.333. The summed E-state index contributed by atoms with van der Waals surface area (Å²) >= 11 is 0. The molecule has 1 aromatic rings. The zero-order valence-electron chi connectivity index (χ0n) is 9.68. The normalized spacial score (nSPS) is 15.2. The number of rotatable bonds is 3. The lowest BCUT2D eigenvalue weighted by atomic mass is 10.1. The number of hydrogen-bond acceptors (Lipinski definition) is 4. The molecule has 1 unspecified atom stereocenters. The Kier molecular flexibility index (Phi) is 3.47. The maximum Gasteiger partial charge on any atom is 0.330 e. The topological polar surface area (TPSA) is 102 Å². The van der Waals surface area contributed by atoms with E-state index in [4.69, 9.17) is 15.6 Å². The van der Waals surface area contributed by atoms with Crippen LogP contribution in [0.3, 0.4) is 0 Å². The third-order valence-corrected chi connectivity index (χ3v) is 2.72. The lowest BCUT2D eigenvalue weighted by molar-refractivity contribution is -0.141. The van der Waals surface area contributed by atoms with Crippen LogP contribution in [0.1, 0.15) is 12.0 Å². The molecule has 1 atom stereocenters. The molecule has 1 aliphatic rings. The number of aliphatic carboxylic acids is 1. The standard InChI is InChI=1S/C12H14N2O4/c13-10(12(16)17)11(15)14-8-3-4-9-7(6-8)2-1-5-18-9/h3-4,6,10H,1-2,5,13H2,(H,14,15)(H,16,17). The zero-order chi connectivity index (χ0) is 13.1. The van der Waals surface area contributed by atoms with Crippen molar-refractivity contribution in [1.29, 1.82) is 0 Å². The first-order valence-corrected chi connectivity index (χ1v) is 5.63. The molecule has 96 valence electrons. The van der Waals surface area contributed by atoms with Gasteiger partial charge in [-0.2, -0.15) is 0 Å². The molecule has 0 fully saturated rings. The highest BCUT2D eigenvalue weighted by Crippen LogP contribution is 2.27. The van der Waals surface area contributed by atoms with Crippen molar-refractivity contribution in [2.75, 3.05) is 11.9 Å². The summed E-state index contributed by atoms with van der Waals surface area (Å²) in [4.78, 5) is 22.0. The van der Waals surface area contributed by atoms with E-state index in [2.05, 4.69) is 5.32 Å². The van der Waals surface area contributed by atoms with Gasteiger partial charge in [-0.25, -0.2) is 4.79 Å². The first-order valence-electron chi connectivity index (χ1n) is 5.63. The Balaban J connectivity index is 2.10. The molecule has 4 N–H and O–H groups in total. The summed E-state index contributed by atoms with van der Waals surface area (Å²) in [7, 11) is 0. The van der Waals surface area contributed by atoms with E-state index in [1.165, 1.54) is 0 Å². The van der Waals surface area contributed by atoms with Gasteiger partial charge in [0.2, 0.25) is 0 Å². The molecule has 1 heterocycles. The summed E-state index contributed by atoms with van der Waals surface area (Å²) in [5.41, 5.74) is 6.74. The highest BCUT2D eigenvalue weighted by Gasteiger charge is 2.21. The van der Waals surface area contributed by atoms with E-state index in [1.807, 2.05) is 0 Å². The van der Waals surface area contributed by atoms with Crippen LogP contribution in [0.25, 0.3) is 0 Å². The van der Waals surface area contributed by atoms with Crippen molar-refractivity contribution >= 4 is 17.6 Å². The molecule has 0 aliphatic carbocycles. The molecule has 0 aromatic heterocycles. The monoisotopic (exact) mass is 250 g/mol. The Morgan fingerprint density at radius 1 is 1.44 bits per heavy atom. The average molecular weight is 250 g/mol. The molecular formula is C12H14N2O4. The maximum absolute atomic E-state index is 11.5. The maximum atomic E-state index is 11.5. The fourth-order valence-electron chi connectivity index (χ4n) is 1.77. The van der Waals surface area contributed by atoms with Gasteiger partial charge < -0.3 is 20.9 Å². The number of fused-ring (bicyclic) bond motifs is 1. The number of hydrogen-bond donors (Lipinski definition) is 3. The number of carboxylic acid groups (broad SMARTS) is 1. The quantitative estimate of drug-likeness (QED) is 0.672. The molecule has 1 amide bonds. The van der Waals surface area contributed by atoms with Gasteiger partial charge in [0.1, 0.15) is 5.75 Å². The van der Waals surface area contributed by atoms with Gasteiger partial charge in [0.15, 0.2) is 6.04 Å². The summed E-state index contributed by atoms with van der Waals surface area (Å²) in [6.45, 7) is 0.697. The van der Waals surface area contributed by atoms with Gasteiger partial charge in [-0.15, -0.1) is 0 Å². The van der Waals surface area contributed by atoms with Crippen LogP contribution in [0.15, 0.2) is 18.2 Å². The lowest BCUT2D eigenvalue weighted by Crippen LogP contribution is -2.42. The molecule has 1 aliphatic heterocycles. The molecule has 1 aromatic carbocycles. The average Bonchev–Trinajstić information content (AvgIpc) is 2.37. The molecule has 2 rings (SSSR count). The summed E-state index contributed by atoms with van der Waals surface area (Å²) < 4.78 is 5.44. The third-order valence-electron chi connectivity index (χ3n) is 2.72.